The Hall–Kier alpha value is -2.49. The molecule has 1 heterocycles. The van der Waals surface area contributed by atoms with Gasteiger partial charge in [-0.1, -0.05) is 30.3 Å². The molecule has 0 spiro atoms. The highest BCUT2D eigenvalue weighted by Gasteiger charge is 2.17. The molecule has 0 saturated heterocycles. The van der Waals surface area contributed by atoms with Crippen LogP contribution in [0.15, 0.2) is 54.9 Å². The average Bonchev–Trinajstić information content (AvgIpc) is 2.46. The number of hydrogen-bond donors (Lipinski definition) is 0. The van der Waals surface area contributed by atoms with E-state index in [1.165, 1.54) is 6.20 Å². The molecule has 0 fully saturated rings. The van der Waals surface area contributed by atoms with Crippen molar-refractivity contribution >= 4 is 12.3 Å². The van der Waals surface area contributed by atoms with Crippen LogP contribution in [0.2, 0.25) is 0 Å². The molecule has 2 aromatic rings. The number of carbonyl (C=O) groups is 1. The van der Waals surface area contributed by atoms with Crippen molar-refractivity contribution in [2.75, 3.05) is 0 Å². The largest absolute Gasteiger partial charge is 0.445 e. The highest BCUT2D eigenvalue weighted by molar-refractivity contribution is 5.90. The SMILES string of the molecule is O=[C]C(OC(=O)c1cccnc1)c1ccccc1. The van der Waals surface area contributed by atoms with Gasteiger partial charge in [0.1, 0.15) is 0 Å². The van der Waals surface area contributed by atoms with Crippen LogP contribution in [0.5, 0.6) is 0 Å². The lowest BCUT2D eigenvalue weighted by molar-refractivity contribution is 0.0418. The highest BCUT2D eigenvalue weighted by Crippen LogP contribution is 2.16. The predicted octanol–water partition coefficient (Wildman–Crippen LogP) is 2.09. The van der Waals surface area contributed by atoms with Gasteiger partial charge in [0.2, 0.25) is 6.29 Å². The first-order chi connectivity index (χ1) is 8.81. The van der Waals surface area contributed by atoms with Gasteiger partial charge < -0.3 is 4.74 Å². The quantitative estimate of drug-likeness (QED) is 0.768. The number of ether oxygens (including phenoxy) is 1. The van der Waals surface area contributed by atoms with Gasteiger partial charge in [0.25, 0.3) is 0 Å². The standard InChI is InChI=1S/C14H10NO3/c16-10-13(11-5-2-1-3-6-11)18-14(17)12-7-4-8-15-9-12/h1-9,13H. The van der Waals surface area contributed by atoms with Gasteiger partial charge in [0.15, 0.2) is 6.10 Å². The third-order valence-corrected chi connectivity index (χ3v) is 2.33. The molecule has 1 aromatic carbocycles. The number of carbonyl (C=O) groups excluding carboxylic acids is 2. The topological polar surface area (TPSA) is 56.3 Å². The second-order valence-corrected chi connectivity index (χ2v) is 3.56. The minimum atomic E-state index is -1.01. The van der Waals surface area contributed by atoms with Gasteiger partial charge in [-0.15, -0.1) is 0 Å². The summed E-state index contributed by atoms with van der Waals surface area (Å²) < 4.78 is 5.07. The fraction of sp³-hybridized carbons (Fsp3) is 0.0714. The molecule has 0 N–H and O–H groups in total. The van der Waals surface area contributed by atoms with Gasteiger partial charge in [-0.2, -0.15) is 0 Å². The van der Waals surface area contributed by atoms with Crippen molar-refractivity contribution in [3.63, 3.8) is 0 Å². The number of esters is 1. The molecule has 1 unspecified atom stereocenters. The smallest absolute Gasteiger partial charge is 0.340 e. The average molecular weight is 240 g/mol. The zero-order valence-corrected chi connectivity index (χ0v) is 9.45. The molecule has 1 radical (unpaired) electrons. The molecule has 0 aliphatic rings. The van der Waals surface area contributed by atoms with Crippen LogP contribution in [0, 0.1) is 0 Å². The molecule has 1 atom stereocenters. The summed E-state index contributed by atoms with van der Waals surface area (Å²) in [5, 5.41) is 0. The molecule has 0 bridgehead atoms. The number of benzene rings is 1. The Labute approximate surface area is 104 Å². The van der Waals surface area contributed by atoms with Crippen LogP contribution in [0.4, 0.5) is 0 Å². The number of nitrogens with zero attached hydrogens (tertiary/aromatic N) is 1. The zero-order valence-electron chi connectivity index (χ0n) is 9.45. The van der Waals surface area contributed by atoms with Crippen molar-refractivity contribution in [2.45, 2.75) is 6.10 Å². The lowest BCUT2D eigenvalue weighted by Gasteiger charge is -2.11. The molecule has 89 valence electrons. The van der Waals surface area contributed by atoms with E-state index >= 15 is 0 Å². The van der Waals surface area contributed by atoms with Crippen LogP contribution >= 0.6 is 0 Å². The molecule has 4 heteroatoms. The van der Waals surface area contributed by atoms with E-state index in [1.807, 2.05) is 6.07 Å². The second-order valence-electron chi connectivity index (χ2n) is 3.56. The summed E-state index contributed by atoms with van der Waals surface area (Å²) in [6.45, 7) is 0. The van der Waals surface area contributed by atoms with Crippen LogP contribution in [0.1, 0.15) is 22.0 Å². The Morgan fingerprint density at radius 3 is 2.56 bits per heavy atom. The molecule has 0 aliphatic carbocycles. The number of pyridine rings is 1. The Bertz CT molecular complexity index is 525. The normalized spacial score (nSPS) is 11.6. The van der Waals surface area contributed by atoms with E-state index in [2.05, 4.69) is 4.98 Å². The van der Waals surface area contributed by atoms with Crippen LogP contribution in [0.3, 0.4) is 0 Å². The maximum atomic E-state index is 11.7. The maximum Gasteiger partial charge on any atom is 0.340 e. The summed E-state index contributed by atoms with van der Waals surface area (Å²) >= 11 is 0. The third kappa shape index (κ3) is 2.79. The summed E-state index contributed by atoms with van der Waals surface area (Å²) in [7, 11) is 0. The van der Waals surface area contributed by atoms with Gasteiger partial charge in [-0.25, -0.2) is 4.79 Å². The second kappa shape index (κ2) is 5.72. The van der Waals surface area contributed by atoms with Crippen molar-refractivity contribution in [3.05, 3.63) is 66.0 Å². The first-order valence-corrected chi connectivity index (χ1v) is 5.35. The Morgan fingerprint density at radius 2 is 1.94 bits per heavy atom. The van der Waals surface area contributed by atoms with Crippen LogP contribution < -0.4 is 0 Å². The molecule has 0 saturated carbocycles. The zero-order chi connectivity index (χ0) is 12.8. The number of aromatic nitrogens is 1. The summed E-state index contributed by atoms with van der Waals surface area (Å²) in [6.07, 6.45) is 3.63. The van der Waals surface area contributed by atoms with Gasteiger partial charge in [-0.05, 0) is 12.1 Å². The van der Waals surface area contributed by atoms with Crippen LogP contribution in [-0.2, 0) is 9.53 Å². The van der Waals surface area contributed by atoms with Crippen molar-refractivity contribution < 1.29 is 14.3 Å². The Balaban J connectivity index is 2.13. The van der Waals surface area contributed by atoms with E-state index in [1.54, 1.807) is 48.9 Å². The summed E-state index contributed by atoms with van der Waals surface area (Å²) in [5.74, 6) is -0.597. The molecular formula is C14H10NO3. The van der Waals surface area contributed by atoms with Crippen molar-refractivity contribution in [2.24, 2.45) is 0 Å². The van der Waals surface area contributed by atoms with Gasteiger partial charge in [-0.3, -0.25) is 9.78 Å². The monoisotopic (exact) mass is 240 g/mol. The molecular weight excluding hydrogens is 230 g/mol. The molecule has 0 amide bonds. The van der Waals surface area contributed by atoms with E-state index in [0.717, 1.165) is 0 Å². The van der Waals surface area contributed by atoms with Gasteiger partial charge in [0, 0.05) is 18.0 Å². The van der Waals surface area contributed by atoms with Gasteiger partial charge in [0.05, 0.1) is 5.56 Å². The Morgan fingerprint density at radius 1 is 1.17 bits per heavy atom. The van der Waals surface area contributed by atoms with E-state index in [-0.39, 0.29) is 0 Å². The van der Waals surface area contributed by atoms with E-state index in [0.29, 0.717) is 11.1 Å². The van der Waals surface area contributed by atoms with Crippen LogP contribution in [0.25, 0.3) is 0 Å². The fourth-order valence-electron chi connectivity index (χ4n) is 1.45. The minimum Gasteiger partial charge on any atom is -0.445 e. The molecule has 2 rings (SSSR count). The van der Waals surface area contributed by atoms with Crippen molar-refractivity contribution in [1.82, 2.24) is 4.98 Å². The van der Waals surface area contributed by atoms with E-state index < -0.39 is 12.1 Å². The summed E-state index contributed by atoms with van der Waals surface area (Å²) in [6, 6.07) is 11.9. The third-order valence-electron chi connectivity index (χ3n) is 2.33. The lowest BCUT2D eigenvalue weighted by Crippen LogP contribution is -2.12. The summed E-state index contributed by atoms with van der Waals surface area (Å²) in [4.78, 5) is 26.4. The first kappa shape index (κ1) is 12.0. The Kier molecular flexibility index (Phi) is 3.81. The highest BCUT2D eigenvalue weighted by atomic mass is 16.5. The number of rotatable bonds is 4. The van der Waals surface area contributed by atoms with E-state index in [9.17, 15) is 9.59 Å². The molecule has 1 aromatic heterocycles. The van der Waals surface area contributed by atoms with Crippen molar-refractivity contribution in [1.29, 1.82) is 0 Å². The summed E-state index contributed by atoms with van der Waals surface area (Å²) in [5.41, 5.74) is 0.887. The first-order valence-electron chi connectivity index (χ1n) is 5.35. The molecule has 0 aliphatic heterocycles. The lowest BCUT2D eigenvalue weighted by atomic mass is 10.1. The number of hydrogen-bond acceptors (Lipinski definition) is 4. The predicted molar refractivity (Wildman–Crippen MR) is 64.5 cm³/mol. The van der Waals surface area contributed by atoms with Crippen LogP contribution in [-0.4, -0.2) is 17.2 Å². The van der Waals surface area contributed by atoms with Gasteiger partial charge >= 0.3 is 5.97 Å². The molecule has 4 nitrogen and oxygen atoms in total. The fourth-order valence-corrected chi connectivity index (χ4v) is 1.45. The minimum absolute atomic E-state index is 0.300. The molecule has 18 heavy (non-hydrogen) atoms. The maximum absolute atomic E-state index is 11.7. The van der Waals surface area contributed by atoms with E-state index in [4.69, 9.17) is 4.74 Å². The van der Waals surface area contributed by atoms with Crippen molar-refractivity contribution in [3.8, 4) is 0 Å².